The molecule has 0 saturated carbocycles. The number of amides is 1. The van der Waals surface area contributed by atoms with Gasteiger partial charge < -0.3 is 30.1 Å². The van der Waals surface area contributed by atoms with Crippen LogP contribution in [0.3, 0.4) is 0 Å². The Balaban J connectivity index is 2.08. The standard InChI is InChI=1S/C9H15N4O7P/c1-21(17,18)19-2-4-5(14)6(15)9(20-4)13-3-11-8(12-13)7(10)16/h3-6,9,14-15H,2H2,1H3,(H2,10,16)(H,17,18)/t4-,5-,6-,9-/m1/s1. The van der Waals surface area contributed by atoms with Gasteiger partial charge in [0.1, 0.15) is 24.6 Å². The summed E-state index contributed by atoms with van der Waals surface area (Å²) in [5.74, 6) is -1.12. The predicted molar refractivity (Wildman–Crippen MR) is 66.2 cm³/mol. The van der Waals surface area contributed by atoms with Crippen molar-refractivity contribution in [2.45, 2.75) is 24.5 Å². The molecule has 1 unspecified atom stereocenters. The molecular weight excluding hydrogens is 307 g/mol. The summed E-state index contributed by atoms with van der Waals surface area (Å²) in [4.78, 5) is 23.6. The Hall–Kier alpha value is -1.36. The molecule has 2 rings (SSSR count). The minimum absolute atomic E-state index is 0.270. The Kier molecular flexibility index (Phi) is 4.42. The van der Waals surface area contributed by atoms with Crippen molar-refractivity contribution in [3.63, 3.8) is 0 Å². The third kappa shape index (κ3) is 3.64. The van der Waals surface area contributed by atoms with Gasteiger partial charge in [0, 0.05) is 6.66 Å². The number of primary amides is 1. The second kappa shape index (κ2) is 5.79. The lowest BCUT2D eigenvalue weighted by Gasteiger charge is -2.15. The summed E-state index contributed by atoms with van der Waals surface area (Å²) in [6.45, 7) is 0.592. The van der Waals surface area contributed by atoms with Crippen molar-refractivity contribution < 1.29 is 33.7 Å². The van der Waals surface area contributed by atoms with Crippen LogP contribution < -0.4 is 5.73 Å². The van der Waals surface area contributed by atoms with Crippen LogP contribution in [0, 0.1) is 0 Å². The SMILES string of the molecule is CP(=O)(O)OC[C@H]1O[C@@H](n2cnc(C(N)=O)n2)[C@H](O)[C@@H]1O. The smallest absolute Gasteiger partial charge is 0.325 e. The molecule has 1 aromatic heterocycles. The maximum absolute atomic E-state index is 11.0. The lowest BCUT2D eigenvalue weighted by molar-refractivity contribution is -0.0563. The summed E-state index contributed by atoms with van der Waals surface area (Å²) in [5, 5.41) is 23.4. The van der Waals surface area contributed by atoms with Gasteiger partial charge in [0.2, 0.25) is 5.82 Å². The molecule has 1 aromatic rings. The molecule has 1 fully saturated rings. The molecule has 21 heavy (non-hydrogen) atoms. The van der Waals surface area contributed by atoms with Crippen LogP contribution in [-0.2, 0) is 13.8 Å². The summed E-state index contributed by atoms with van der Waals surface area (Å²) < 4.78 is 22.0. The van der Waals surface area contributed by atoms with E-state index in [0.29, 0.717) is 0 Å². The van der Waals surface area contributed by atoms with Crippen LogP contribution in [0.4, 0.5) is 0 Å². The molecule has 1 amide bonds. The van der Waals surface area contributed by atoms with E-state index in [1.54, 1.807) is 0 Å². The zero-order valence-corrected chi connectivity index (χ0v) is 11.8. The molecule has 0 spiro atoms. The predicted octanol–water partition coefficient (Wildman–Crippen LogP) is -2.17. The van der Waals surface area contributed by atoms with Crippen molar-refractivity contribution >= 4 is 13.5 Å². The summed E-state index contributed by atoms with van der Waals surface area (Å²) in [7, 11) is -3.73. The highest BCUT2D eigenvalue weighted by Gasteiger charge is 2.45. The Morgan fingerprint density at radius 2 is 2.24 bits per heavy atom. The number of hydrogen-bond donors (Lipinski definition) is 4. The van der Waals surface area contributed by atoms with Crippen LogP contribution in [0.25, 0.3) is 0 Å². The molecule has 11 nitrogen and oxygen atoms in total. The number of aromatic nitrogens is 3. The fourth-order valence-electron chi connectivity index (χ4n) is 1.81. The summed E-state index contributed by atoms with van der Waals surface area (Å²) in [5.41, 5.74) is 5.00. The Labute approximate surface area is 118 Å². The van der Waals surface area contributed by atoms with E-state index in [1.807, 2.05) is 0 Å². The van der Waals surface area contributed by atoms with Gasteiger partial charge in [0.25, 0.3) is 5.91 Å². The van der Waals surface area contributed by atoms with Crippen molar-refractivity contribution in [3.05, 3.63) is 12.2 Å². The first kappa shape index (κ1) is 16.0. The number of nitrogens with two attached hydrogens (primary N) is 1. The zero-order chi connectivity index (χ0) is 15.8. The van der Waals surface area contributed by atoms with Gasteiger partial charge in [0.15, 0.2) is 6.23 Å². The first-order valence-electron chi connectivity index (χ1n) is 5.86. The average molecular weight is 322 g/mol. The highest BCUT2D eigenvalue weighted by atomic mass is 31.2. The zero-order valence-electron chi connectivity index (χ0n) is 10.9. The molecule has 12 heteroatoms. The quantitative estimate of drug-likeness (QED) is 0.440. The van der Waals surface area contributed by atoms with E-state index in [1.165, 1.54) is 0 Å². The topological polar surface area (TPSA) is 170 Å². The number of ether oxygens (including phenoxy) is 1. The number of carbonyl (C=O) groups is 1. The maximum Gasteiger partial charge on any atom is 0.325 e. The van der Waals surface area contributed by atoms with Crippen molar-refractivity contribution in [2.75, 3.05) is 13.3 Å². The Bertz CT molecular complexity index is 572. The number of aliphatic hydroxyl groups excluding tert-OH is 2. The molecule has 0 aliphatic carbocycles. The van der Waals surface area contributed by atoms with Gasteiger partial charge in [-0.3, -0.25) is 9.36 Å². The van der Waals surface area contributed by atoms with Gasteiger partial charge in [-0.1, -0.05) is 0 Å². The second-order valence-corrected chi connectivity index (χ2v) is 6.42. The van der Waals surface area contributed by atoms with Crippen LogP contribution in [0.2, 0.25) is 0 Å². The number of aliphatic hydroxyl groups is 2. The first-order chi connectivity index (χ1) is 9.69. The summed E-state index contributed by atoms with van der Waals surface area (Å²) in [6, 6.07) is 0. The third-order valence-corrected chi connectivity index (χ3v) is 3.43. The molecule has 5 N–H and O–H groups in total. The summed E-state index contributed by atoms with van der Waals surface area (Å²) >= 11 is 0. The largest absolute Gasteiger partial charge is 0.387 e. The normalized spacial score (nSPS) is 32.0. The van der Waals surface area contributed by atoms with Gasteiger partial charge >= 0.3 is 7.60 Å². The average Bonchev–Trinajstić information content (AvgIpc) is 2.94. The van der Waals surface area contributed by atoms with E-state index in [2.05, 4.69) is 14.6 Å². The maximum atomic E-state index is 11.0. The van der Waals surface area contributed by atoms with Crippen LogP contribution in [0.15, 0.2) is 6.33 Å². The molecule has 118 valence electrons. The van der Waals surface area contributed by atoms with Crippen molar-refractivity contribution in [3.8, 4) is 0 Å². The number of nitrogens with zero attached hydrogens (tertiary/aromatic N) is 3. The lowest BCUT2D eigenvalue weighted by atomic mass is 10.1. The number of carbonyl (C=O) groups excluding carboxylic acids is 1. The molecule has 1 aliphatic heterocycles. The molecular formula is C9H15N4O7P. The lowest BCUT2D eigenvalue weighted by Crippen LogP contribution is -2.33. The van der Waals surface area contributed by atoms with Gasteiger partial charge in [-0.05, 0) is 0 Å². The molecule has 1 saturated heterocycles. The Morgan fingerprint density at radius 1 is 1.57 bits per heavy atom. The fourth-order valence-corrected chi connectivity index (χ4v) is 2.23. The van der Waals surface area contributed by atoms with Crippen molar-refractivity contribution in [2.24, 2.45) is 5.73 Å². The molecule has 0 radical (unpaired) electrons. The van der Waals surface area contributed by atoms with E-state index in [4.69, 9.17) is 15.4 Å². The first-order valence-corrected chi connectivity index (χ1v) is 7.89. The van der Waals surface area contributed by atoms with E-state index in [9.17, 15) is 19.6 Å². The van der Waals surface area contributed by atoms with E-state index < -0.39 is 44.6 Å². The van der Waals surface area contributed by atoms with Crippen LogP contribution in [0.1, 0.15) is 16.8 Å². The van der Waals surface area contributed by atoms with E-state index >= 15 is 0 Å². The molecule has 0 aromatic carbocycles. The van der Waals surface area contributed by atoms with Gasteiger partial charge in [0.05, 0.1) is 6.61 Å². The molecule has 5 atom stereocenters. The monoisotopic (exact) mass is 322 g/mol. The minimum Gasteiger partial charge on any atom is -0.387 e. The molecule has 1 aliphatic rings. The van der Waals surface area contributed by atoms with Crippen LogP contribution in [-0.4, -0.2) is 67.4 Å². The van der Waals surface area contributed by atoms with Gasteiger partial charge in [-0.2, -0.15) is 0 Å². The second-order valence-electron chi connectivity index (χ2n) is 4.56. The van der Waals surface area contributed by atoms with E-state index in [-0.39, 0.29) is 5.82 Å². The molecule has 0 bridgehead atoms. The Morgan fingerprint density at radius 3 is 2.76 bits per heavy atom. The van der Waals surface area contributed by atoms with Gasteiger partial charge in [-0.25, -0.2) is 9.67 Å². The number of hydrogen-bond acceptors (Lipinski definition) is 8. The van der Waals surface area contributed by atoms with Gasteiger partial charge in [-0.15, -0.1) is 5.10 Å². The highest BCUT2D eigenvalue weighted by Crippen LogP contribution is 2.38. The van der Waals surface area contributed by atoms with Crippen molar-refractivity contribution in [1.29, 1.82) is 0 Å². The third-order valence-electron chi connectivity index (χ3n) is 2.81. The minimum atomic E-state index is -3.73. The highest BCUT2D eigenvalue weighted by molar-refractivity contribution is 7.51. The van der Waals surface area contributed by atoms with Crippen LogP contribution in [0.5, 0.6) is 0 Å². The van der Waals surface area contributed by atoms with Crippen LogP contribution >= 0.6 is 7.60 Å². The van der Waals surface area contributed by atoms with E-state index in [0.717, 1.165) is 17.7 Å². The summed E-state index contributed by atoms with van der Waals surface area (Å²) in [6.07, 6.45) is -3.78. The number of rotatable bonds is 5. The van der Waals surface area contributed by atoms with Crippen molar-refractivity contribution in [1.82, 2.24) is 14.8 Å². The molecule has 2 heterocycles. The fraction of sp³-hybridized carbons (Fsp3) is 0.667.